The molecule has 1 aromatic heterocycles. The lowest BCUT2D eigenvalue weighted by molar-refractivity contribution is -0.125. The number of allylic oxidation sites excluding steroid dienone is 4. The van der Waals surface area contributed by atoms with Crippen LogP contribution in [0, 0.1) is 5.92 Å². The number of rotatable bonds is 3. The Morgan fingerprint density at radius 2 is 1.93 bits per heavy atom. The van der Waals surface area contributed by atoms with E-state index in [1.165, 1.54) is 11.3 Å². The molecule has 3 aliphatic heterocycles. The Hall–Kier alpha value is -3.45. The maximum Gasteiger partial charge on any atom is 0.237 e. The predicted molar refractivity (Wildman–Crippen MR) is 165 cm³/mol. The Kier molecular flexibility index (Phi) is 9.66. The van der Waals surface area contributed by atoms with E-state index < -0.39 is 0 Å². The number of hydrogen-bond acceptors (Lipinski definition) is 6. The summed E-state index contributed by atoms with van der Waals surface area (Å²) in [5, 5.41) is 6.74. The number of fused-ring (bicyclic) bond motifs is 5. The summed E-state index contributed by atoms with van der Waals surface area (Å²) in [5.41, 5.74) is 5.49. The average Bonchev–Trinajstić information content (AvgIpc) is 3.25. The van der Waals surface area contributed by atoms with Gasteiger partial charge in [-0.05, 0) is 92.8 Å². The molecule has 1 saturated heterocycles. The van der Waals surface area contributed by atoms with Crippen molar-refractivity contribution in [2.75, 3.05) is 36.4 Å². The first kappa shape index (κ1) is 28.1. The maximum atomic E-state index is 13.3. The van der Waals surface area contributed by atoms with Crippen molar-refractivity contribution in [3.63, 3.8) is 0 Å². The Balaban J connectivity index is 1.51. The zero-order valence-electron chi connectivity index (χ0n) is 24.1. The third-order valence-electron chi connectivity index (χ3n) is 8.10. The number of nitrogens with one attached hydrogen (secondary N) is 2. The van der Waals surface area contributed by atoms with E-state index in [9.17, 15) is 4.79 Å². The zero-order valence-corrected chi connectivity index (χ0v) is 24.1. The van der Waals surface area contributed by atoms with Gasteiger partial charge in [-0.15, -0.1) is 0 Å². The fraction of sp³-hybridized carbons (Fsp3) is 0.485. The number of amides is 1. The topological polar surface area (TPSA) is 73.4 Å². The van der Waals surface area contributed by atoms with E-state index in [0.717, 1.165) is 88.1 Å². The Morgan fingerprint density at radius 1 is 1.07 bits per heavy atom. The molecule has 1 aromatic carbocycles. The molecule has 2 aromatic rings. The molecule has 1 fully saturated rings. The normalized spacial score (nSPS) is 24.3. The molecule has 5 rings (SSSR count). The molecule has 0 spiro atoms. The van der Waals surface area contributed by atoms with E-state index in [4.69, 9.17) is 4.98 Å². The average molecular weight is 541 g/mol. The minimum absolute atomic E-state index is 0.0720. The Bertz CT molecular complexity index is 1240. The fourth-order valence-electron chi connectivity index (χ4n) is 6.00. The van der Waals surface area contributed by atoms with E-state index in [-0.39, 0.29) is 11.9 Å². The van der Waals surface area contributed by atoms with Gasteiger partial charge in [0.2, 0.25) is 11.9 Å². The summed E-state index contributed by atoms with van der Waals surface area (Å²) in [6, 6.07) is 8.51. The molecule has 4 heterocycles. The summed E-state index contributed by atoms with van der Waals surface area (Å²) in [7, 11) is 0. The number of benzene rings is 1. The van der Waals surface area contributed by atoms with Crippen molar-refractivity contribution in [3.8, 4) is 0 Å². The summed E-state index contributed by atoms with van der Waals surface area (Å²) < 4.78 is 0. The van der Waals surface area contributed by atoms with Gasteiger partial charge in [-0.2, -0.15) is 0 Å². The molecular formula is C33H44N6O. The van der Waals surface area contributed by atoms with Gasteiger partial charge in [0.05, 0.1) is 11.7 Å². The smallest absolute Gasteiger partial charge is 0.237 e. The highest BCUT2D eigenvalue weighted by Crippen LogP contribution is 2.31. The SMILES string of the molecule is CC/C=C\C1=C/C(C)CCCNC(=O)C2CCCN2Cc2cc(ccc2N2CCC=CCC2)Nc2nccc1n2. The maximum absolute atomic E-state index is 13.3. The van der Waals surface area contributed by atoms with Crippen molar-refractivity contribution in [2.45, 2.75) is 71.4 Å². The predicted octanol–water partition coefficient (Wildman–Crippen LogP) is 6.24. The number of anilines is 3. The van der Waals surface area contributed by atoms with E-state index >= 15 is 0 Å². The van der Waals surface area contributed by atoms with Crippen molar-refractivity contribution in [2.24, 2.45) is 5.92 Å². The second-order valence-corrected chi connectivity index (χ2v) is 11.2. The molecule has 0 saturated carbocycles. The van der Waals surface area contributed by atoms with Gasteiger partial charge in [-0.3, -0.25) is 9.69 Å². The number of aromatic nitrogens is 2. The number of carbonyl (C=O) groups excluding carboxylic acids is 1. The van der Waals surface area contributed by atoms with Gasteiger partial charge in [0.25, 0.3) is 0 Å². The van der Waals surface area contributed by atoms with Crippen LogP contribution in [-0.4, -0.2) is 53.0 Å². The molecule has 40 heavy (non-hydrogen) atoms. The second-order valence-electron chi connectivity index (χ2n) is 11.2. The molecule has 7 nitrogen and oxygen atoms in total. The van der Waals surface area contributed by atoms with Crippen LogP contribution in [0.15, 0.2) is 60.8 Å². The molecule has 0 radical (unpaired) electrons. The van der Waals surface area contributed by atoms with Gasteiger partial charge in [-0.25, -0.2) is 9.97 Å². The number of nitrogens with zero attached hydrogens (tertiary/aromatic N) is 4. The first-order chi connectivity index (χ1) is 19.6. The second kappa shape index (κ2) is 13.8. The van der Waals surface area contributed by atoms with Crippen molar-refractivity contribution < 1.29 is 4.79 Å². The summed E-state index contributed by atoms with van der Waals surface area (Å²) in [6.07, 6.45) is 20.0. The molecule has 4 bridgehead atoms. The van der Waals surface area contributed by atoms with Gasteiger partial charge in [0.15, 0.2) is 0 Å². The van der Waals surface area contributed by atoms with Crippen LogP contribution >= 0.6 is 0 Å². The molecule has 2 unspecified atom stereocenters. The molecule has 2 N–H and O–H groups in total. The van der Waals surface area contributed by atoms with Crippen molar-refractivity contribution in [1.29, 1.82) is 0 Å². The van der Waals surface area contributed by atoms with E-state index in [1.54, 1.807) is 0 Å². The van der Waals surface area contributed by atoms with Crippen LogP contribution in [0.1, 0.15) is 70.1 Å². The molecule has 1 amide bonds. The molecule has 212 valence electrons. The first-order valence-corrected chi connectivity index (χ1v) is 15.1. The molecule has 2 atom stereocenters. The van der Waals surface area contributed by atoms with Crippen molar-refractivity contribution >= 4 is 28.8 Å². The van der Waals surface area contributed by atoms with Crippen LogP contribution < -0.4 is 15.5 Å². The van der Waals surface area contributed by atoms with Gasteiger partial charge in [0.1, 0.15) is 0 Å². The summed E-state index contributed by atoms with van der Waals surface area (Å²) in [5.74, 6) is 1.13. The Morgan fingerprint density at radius 3 is 2.75 bits per heavy atom. The van der Waals surface area contributed by atoms with Crippen LogP contribution in [0.4, 0.5) is 17.3 Å². The molecule has 3 aliphatic rings. The van der Waals surface area contributed by atoms with Gasteiger partial charge in [0, 0.05) is 43.8 Å². The lowest BCUT2D eigenvalue weighted by Crippen LogP contribution is -2.43. The van der Waals surface area contributed by atoms with Gasteiger partial charge >= 0.3 is 0 Å². The third kappa shape index (κ3) is 7.19. The zero-order chi connectivity index (χ0) is 27.7. The minimum Gasteiger partial charge on any atom is -0.371 e. The quantitative estimate of drug-likeness (QED) is 0.449. The highest BCUT2D eigenvalue weighted by atomic mass is 16.2. The monoisotopic (exact) mass is 540 g/mol. The van der Waals surface area contributed by atoms with E-state index in [1.807, 2.05) is 12.3 Å². The largest absolute Gasteiger partial charge is 0.371 e. The number of carbonyl (C=O) groups is 1. The highest BCUT2D eigenvalue weighted by Gasteiger charge is 2.31. The summed E-state index contributed by atoms with van der Waals surface area (Å²) in [6.45, 7) is 8.80. The molecule has 7 heteroatoms. The standard InChI is InChI=1S/C33H44N6O/c1-3-4-12-26-22-25(2)11-9-17-34-32(40)31-13-10-21-39(31)24-27-23-28(36-33-35-18-16-29(26)37-33)14-15-30(27)38-19-7-5-6-8-20-38/h4-6,12,14-16,18,22-23,25,31H,3,7-11,13,17,19-21,24H2,1-2H3,(H,34,40)(H,35,36,37)/b12-4-,26-22+. The minimum atomic E-state index is -0.0720. The molecule has 0 aliphatic carbocycles. The molecular weight excluding hydrogens is 496 g/mol. The van der Waals surface area contributed by atoms with Crippen LogP contribution in [0.3, 0.4) is 0 Å². The summed E-state index contributed by atoms with van der Waals surface area (Å²) in [4.78, 5) is 27.6. The van der Waals surface area contributed by atoms with Gasteiger partial charge < -0.3 is 15.5 Å². The highest BCUT2D eigenvalue weighted by molar-refractivity contribution is 5.82. The van der Waals surface area contributed by atoms with Crippen molar-refractivity contribution in [3.05, 3.63) is 72.1 Å². The van der Waals surface area contributed by atoms with Gasteiger partial charge in [-0.1, -0.05) is 44.2 Å². The van der Waals surface area contributed by atoms with E-state index in [2.05, 4.69) is 87.8 Å². The summed E-state index contributed by atoms with van der Waals surface area (Å²) >= 11 is 0. The Labute approximate surface area is 239 Å². The van der Waals surface area contributed by atoms with Crippen LogP contribution in [0.25, 0.3) is 5.57 Å². The first-order valence-electron chi connectivity index (χ1n) is 15.1. The van der Waals surface area contributed by atoms with E-state index in [0.29, 0.717) is 18.4 Å². The lowest BCUT2D eigenvalue weighted by atomic mass is 9.99. The van der Waals surface area contributed by atoms with Crippen LogP contribution in [0.2, 0.25) is 0 Å². The fourth-order valence-corrected chi connectivity index (χ4v) is 6.00. The number of hydrogen-bond donors (Lipinski definition) is 2. The van der Waals surface area contributed by atoms with Crippen LogP contribution in [-0.2, 0) is 11.3 Å². The lowest BCUT2D eigenvalue weighted by Gasteiger charge is -2.29. The van der Waals surface area contributed by atoms with Crippen LogP contribution in [0.5, 0.6) is 0 Å². The third-order valence-corrected chi connectivity index (χ3v) is 8.10. The van der Waals surface area contributed by atoms with Crippen molar-refractivity contribution in [1.82, 2.24) is 20.2 Å².